The third kappa shape index (κ3) is 2.20. The molecule has 0 radical (unpaired) electrons. The quantitative estimate of drug-likeness (QED) is 0.724. The highest BCUT2D eigenvalue weighted by Crippen LogP contribution is 2.32. The second kappa shape index (κ2) is 4.56. The SMILES string of the molecule is c1ccc(-c2noc(-c3coc(CC4CC4)n3)n2)nc1. The van der Waals surface area contributed by atoms with Crippen molar-refractivity contribution >= 4 is 0 Å². The predicted molar refractivity (Wildman–Crippen MR) is 69.5 cm³/mol. The standard InChI is InChI=1S/C14H12N4O2/c1-2-6-15-10(3-1)13-17-14(20-18-13)11-8-19-12(16-11)7-9-4-5-9/h1-3,6,8-9H,4-5,7H2. The lowest BCUT2D eigenvalue weighted by atomic mass is 10.3. The number of nitrogens with zero attached hydrogens (tertiary/aromatic N) is 4. The van der Waals surface area contributed by atoms with Crippen LogP contribution in [0.4, 0.5) is 0 Å². The molecule has 1 saturated carbocycles. The monoisotopic (exact) mass is 268 g/mol. The third-order valence-electron chi connectivity index (χ3n) is 3.25. The van der Waals surface area contributed by atoms with Crippen molar-refractivity contribution in [1.82, 2.24) is 20.1 Å². The van der Waals surface area contributed by atoms with Gasteiger partial charge in [0.25, 0.3) is 5.89 Å². The average molecular weight is 268 g/mol. The van der Waals surface area contributed by atoms with Gasteiger partial charge in [-0.3, -0.25) is 4.98 Å². The summed E-state index contributed by atoms with van der Waals surface area (Å²) in [5.74, 6) is 2.28. The van der Waals surface area contributed by atoms with Gasteiger partial charge in [0.15, 0.2) is 11.6 Å². The Morgan fingerprint density at radius 1 is 1.15 bits per heavy atom. The smallest absolute Gasteiger partial charge is 0.280 e. The summed E-state index contributed by atoms with van der Waals surface area (Å²) in [6.07, 6.45) is 6.67. The lowest BCUT2D eigenvalue weighted by Crippen LogP contribution is -1.87. The number of rotatable bonds is 4. The van der Waals surface area contributed by atoms with Crippen LogP contribution >= 0.6 is 0 Å². The summed E-state index contributed by atoms with van der Waals surface area (Å²) >= 11 is 0. The van der Waals surface area contributed by atoms with E-state index in [2.05, 4.69) is 20.1 Å². The van der Waals surface area contributed by atoms with Crippen LogP contribution in [0.5, 0.6) is 0 Å². The van der Waals surface area contributed by atoms with E-state index >= 15 is 0 Å². The van der Waals surface area contributed by atoms with Crippen LogP contribution < -0.4 is 0 Å². The molecule has 1 aliphatic rings. The zero-order chi connectivity index (χ0) is 13.4. The summed E-state index contributed by atoms with van der Waals surface area (Å²) < 4.78 is 10.6. The molecule has 0 aliphatic heterocycles. The molecule has 0 atom stereocenters. The Labute approximate surface area is 114 Å². The summed E-state index contributed by atoms with van der Waals surface area (Å²) in [7, 11) is 0. The second-order valence-corrected chi connectivity index (χ2v) is 4.91. The van der Waals surface area contributed by atoms with E-state index in [1.807, 2.05) is 18.2 Å². The van der Waals surface area contributed by atoms with Crippen LogP contribution in [0.15, 0.2) is 39.6 Å². The number of hydrogen-bond donors (Lipinski definition) is 0. The van der Waals surface area contributed by atoms with Crippen LogP contribution in [-0.2, 0) is 6.42 Å². The predicted octanol–water partition coefficient (Wildman–Crippen LogP) is 2.74. The second-order valence-electron chi connectivity index (χ2n) is 4.91. The van der Waals surface area contributed by atoms with Crippen molar-refractivity contribution in [2.45, 2.75) is 19.3 Å². The fraction of sp³-hybridized carbons (Fsp3) is 0.286. The minimum atomic E-state index is 0.358. The summed E-state index contributed by atoms with van der Waals surface area (Å²) in [4.78, 5) is 12.9. The van der Waals surface area contributed by atoms with E-state index in [9.17, 15) is 0 Å². The molecule has 3 heterocycles. The molecule has 3 aromatic rings. The maximum atomic E-state index is 5.43. The summed E-state index contributed by atoms with van der Waals surface area (Å²) in [5.41, 5.74) is 1.25. The number of pyridine rings is 1. The van der Waals surface area contributed by atoms with Crippen molar-refractivity contribution in [2.75, 3.05) is 0 Å². The van der Waals surface area contributed by atoms with E-state index in [0.29, 0.717) is 23.1 Å². The number of aromatic nitrogens is 4. The molecule has 0 spiro atoms. The first kappa shape index (κ1) is 11.3. The van der Waals surface area contributed by atoms with Crippen LogP contribution in [-0.4, -0.2) is 20.1 Å². The van der Waals surface area contributed by atoms with Gasteiger partial charge in [0, 0.05) is 12.6 Å². The van der Waals surface area contributed by atoms with Gasteiger partial charge in [-0.2, -0.15) is 4.98 Å². The largest absolute Gasteiger partial charge is 0.448 e. The van der Waals surface area contributed by atoms with Crippen molar-refractivity contribution < 1.29 is 8.94 Å². The molecule has 6 nitrogen and oxygen atoms in total. The first-order valence-corrected chi connectivity index (χ1v) is 6.58. The fourth-order valence-electron chi connectivity index (χ4n) is 2.00. The fourth-order valence-corrected chi connectivity index (χ4v) is 2.00. The Morgan fingerprint density at radius 3 is 2.90 bits per heavy atom. The molecule has 3 aromatic heterocycles. The summed E-state index contributed by atoms with van der Waals surface area (Å²) in [6, 6.07) is 5.55. The summed E-state index contributed by atoms with van der Waals surface area (Å²) in [5, 5.41) is 3.92. The van der Waals surface area contributed by atoms with E-state index in [4.69, 9.17) is 8.94 Å². The van der Waals surface area contributed by atoms with Gasteiger partial charge in [0.2, 0.25) is 5.82 Å². The van der Waals surface area contributed by atoms with E-state index in [0.717, 1.165) is 18.2 Å². The minimum Gasteiger partial charge on any atom is -0.448 e. The van der Waals surface area contributed by atoms with Gasteiger partial charge < -0.3 is 8.94 Å². The first-order chi connectivity index (χ1) is 9.88. The normalized spacial score (nSPS) is 14.6. The zero-order valence-corrected chi connectivity index (χ0v) is 10.7. The molecule has 0 bridgehead atoms. The van der Waals surface area contributed by atoms with Gasteiger partial charge in [-0.25, -0.2) is 4.98 Å². The molecule has 100 valence electrons. The van der Waals surface area contributed by atoms with E-state index in [1.54, 1.807) is 12.5 Å². The molecule has 4 rings (SSSR count). The maximum absolute atomic E-state index is 5.43. The average Bonchev–Trinajstić information content (AvgIpc) is 2.99. The van der Waals surface area contributed by atoms with Crippen LogP contribution in [0.25, 0.3) is 23.1 Å². The molecule has 0 unspecified atom stereocenters. The van der Waals surface area contributed by atoms with Crippen LogP contribution in [0.1, 0.15) is 18.7 Å². The van der Waals surface area contributed by atoms with Gasteiger partial charge in [0.05, 0.1) is 0 Å². The van der Waals surface area contributed by atoms with Gasteiger partial charge in [0.1, 0.15) is 12.0 Å². The van der Waals surface area contributed by atoms with Crippen molar-refractivity contribution in [3.63, 3.8) is 0 Å². The van der Waals surface area contributed by atoms with E-state index in [1.165, 1.54) is 12.8 Å². The topological polar surface area (TPSA) is 77.8 Å². The van der Waals surface area contributed by atoms with Crippen molar-refractivity contribution in [3.8, 4) is 23.1 Å². The highest BCUT2D eigenvalue weighted by molar-refractivity contribution is 5.53. The van der Waals surface area contributed by atoms with E-state index in [-0.39, 0.29) is 0 Å². The van der Waals surface area contributed by atoms with Gasteiger partial charge >= 0.3 is 0 Å². The van der Waals surface area contributed by atoms with Crippen molar-refractivity contribution in [3.05, 3.63) is 36.5 Å². The highest BCUT2D eigenvalue weighted by Gasteiger charge is 2.24. The Balaban J connectivity index is 1.59. The van der Waals surface area contributed by atoms with Gasteiger partial charge in [-0.1, -0.05) is 11.2 Å². The number of hydrogen-bond acceptors (Lipinski definition) is 6. The molecule has 1 fully saturated rings. The summed E-state index contributed by atoms with van der Waals surface area (Å²) in [6.45, 7) is 0. The Kier molecular flexibility index (Phi) is 2.58. The Bertz CT molecular complexity index is 716. The third-order valence-corrected chi connectivity index (χ3v) is 3.25. The molecular formula is C14H12N4O2. The van der Waals surface area contributed by atoms with Crippen LogP contribution in [0.2, 0.25) is 0 Å². The molecule has 6 heteroatoms. The first-order valence-electron chi connectivity index (χ1n) is 6.58. The molecule has 0 N–H and O–H groups in total. The van der Waals surface area contributed by atoms with Crippen LogP contribution in [0.3, 0.4) is 0 Å². The highest BCUT2D eigenvalue weighted by atomic mass is 16.5. The van der Waals surface area contributed by atoms with Crippen LogP contribution in [0, 0.1) is 5.92 Å². The molecule has 20 heavy (non-hydrogen) atoms. The molecular weight excluding hydrogens is 256 g/mol. The van der Waals surface area contributed by atoms with Gasteiger partial charge in [-0.15, -0.1) is 0 Å². The Morgan fingerprint density at radius 2 is 2.10 bits per heavy atom. The molecule has 0 saturated heterocycles. The molecule has 0 amide bonds. The van der Waals surface area contributed by atoms with Crippen molar-refractivity contribution in [2.24, 2.45) is 5.92 Å². The minimum absolute atomic E-state index is 0.358. The maximum Gasteiger partial charge on any atom is 0.280 e. The Hall–Kier alpha value is -2.50. The lowest BCUT2D eigenvalue weighted by Gasteiger charge is -1.89. The molecule has 0 aromatic carbocycles. The lowest BCUT2D eigenvalue weighted by molar-refractivity contribution is 0.430. The van der Waals surface area contributed by atoms with Crippen molar-refractivity contribution in [1.29, 1.82) is 0 Å². The number of oxazole rings is 1. The molecule has 1 aliphatic carbocycles. The van der Waals surface area contributed by atoms with Gasteiger partial charge in [-0.05, 0) is 30.9 Å². The zero-order valence-electron chi connectivity index (χ0n) is 10.7. The van der Waals surface area contributed by atoms with E-state index < -0.39 is 0 Å².